The normalized spacial score (nSPS) is 13.3. The van der Waals surface area contributed by atoms with Crippen molar-refractivity contribution in [1.29, 1.82) is 0 Å². The van der Waals surface area contributed by atoms with Crippen molar-refractivity contribution in [2.24, 2.45) is 5.92 Å². The molecule has 0 aliphatic heterocycles. The molecule has 0 saturated heterocycles. The second-order valence-corrected chi connectivity index (χ2v) is 6.36. The average Bonchev–Trinajstić information content (AvgIpc) is 2.77. The maximum absolute atomic E-state index is 12.1. The standard InChI is InChI=1S/C11H19N3O5S/c1-7(6-15)4-3-5-12-20(18,19)10-8(2)13-14-9(10)11(16)17/h7,12,15H,3-6H2,1-2H3,(H,13,14)(H,16,17). The number of sulfonamides is 1. The van der Waals surface area contributed by atoms with Gasteiger partial charge in [-0.1, -0.05) is 6.92 Å². The Morgan fingerprint density at radius 2 is 2.15 bits per heavy atom. The van der Waals surface area contributed by atoms with Gasteiger partial charge in [-0.2, -0.15) is 5.10 Å². The van der Waals surface area contributed by atoms with Crippen molar-refractivity contribution >= 4 is 16.0 Å². The van der Waals surface area contributed by atoms with Crippen molar-refractivity contribution in [2.75, 3.05) is 13.2 Å². The lowest BCUT2D eigenvalue weighted by Gasteiger charge is -2.09. The van der Waals surface area contributed by atoms with Crippen LogP contribution in [-0.2, 0) is 10.0 Å². The Labute approximate surface area is 117 Å². The monoisotopic (exact) mass is 305 g/mol. The maximum Gasteiger partial charge on any atom is 0.357 e. The summed E-state index contributed by atoms with van der Waals surface area (Å²) in [7, 11) is -3.92. The Morgan fingerprint density at radius 3 is 2.70 bits per heavy atom. The zero-order valence-electron chi connectivity index (χ0n) is 11.4. The van der Waals surface area contributed by atoms with Crippen LogP contribution in [0, 0.1) is 12.8 Å². The number of carboxylic acid groups (broad SMARTS) is 1. The van der Waals surface area contributed by atoms with Crippen molar-refractivity contribution in [1.82, 2.24) is 14.9 Å². The fourth-order valence-corrected chi connectivity index (χ4v) is 3.11. The molecule has 0 bridgehead atoms. The summed E-state index contributed by atoms with van der Waals surface area (Å²) in [4.78, 5) is 10.6. The Kier molecular flexibility index (Phi) is 5.66. The van der Waals surface area contributed by atoms with Crippen molar-refractivity contribution in [3.8, 4) is 0 Å². The zero-order valence-corrected chi connectivity index (χ0v) is 12.2. The Balaban J connectivity index is 2.75. The van der Waals surface area contributed by atoms with E-state index in [-0.39, 0.29) is 29.7 Å². The molecule has 0 aromatic carbocycles. The van der Waals surface area contributed by atoms with E-state index in [1.807, 2.05) is 6.92 Å². The molecule has 1 aromatic rings. The number of aliphatic hydroxyl groups excluding tert-OH is 1. The number of aromatic nitrogens is 2. The van der Waals surface area contributed by atoms with Crippen LogP contribution in [-0.4, -0.2) is 47.9 Å². The molecule has 1 rings (SSSR count). The lowest BCUT2D eigenvalue weighted by Crippen LogP contribution is -2.27. The maximum atomic E-state index is 12.1. The number of hydrogen-bond donors (Lipinski definition) is 4. The fourth-order valence-electron chi connectivity index (χ4n) is 1.71. The molecule has 0 radical (unpaired) electrons. The minimum Gasteiger partial charge on any atom is -0.476 e. The van der Waals surface area contributed by atoms with Crippen LogP contribution in [0.1, 0.15) is 35.9 Å². The van der Waals surface area contributed by atoms with Crippen LogP contribution in [0.15, 0.2) is 4.90 Å². The summed E-state index contributed by atoms with van der Waals surface area (Å²) in [6.45, 7) is 3.53. The molecule has 20 heavy (non-hydrogen) atoms. The van der Waals surface area contributed by atoms with E-state index in [2.05, 4.69) is 14.9 Å². The van der Waals surface area contributed by atoms with Gasteiger partial charge in [-0.25, -0.2) is 17.9 Å². The summed E-state index contributed by atoms with van der Waals surface area (Å²) in [5, 5.41) is 23.6. The van der Waals surface area contributed by atoms with Gasteiger partial charge in [0, 0.05) is 13.2 Å². The van der Waals surface area contributed by atoms with Gasteiger partial charge >= 0.3 is 5.97 Å². The second-order valence-electron chi connectivity index (χ2n) is 4.66. The van der Waals surface area contributed by atoms with Crippen LogP contribution in [0.4, 0.5) is 0 Å². The Hall–Kier alpha value is -1.45. The zero-order chi connectivity index (χ0) is 15.3. The van der Waals surface area contributed by atoms with E-state index in [4.69, 9.17) is 10.2 Å². The van der Waals surface area contributed by atoms with Crippen molar-refractivity contribution < 1.29 is 23.4 Å². The first-order chi connectivity index (χ1) is 9.29. The van der Waals surface area contributed by atoms with Crippen LogP contribution in [0.5, 0.6) is 0 Å². The molecule has 0 aliphatic rings. The average molecular weight is 305 g/mol. The molecular weight excluding hydrogens is 286 g/mol. The van der Waals surface area contributed by atoms with Gasteiger partial charge in [0.2, 0.25) is 10.0 Å². The molecule has 1 atom stereocenters. The van der Waals surface area contributed by atoms with Gasteiger partial charge in [-0.3, -0.25) is 5.10 Å². The lowest BCUT2D eigenvalue weighted by atomic mass is 10.1. The first-order valence-corrected chi connectivity index (χ1v) is 7.66. The molecule has 4 N–H and O–H groups in total. The van der Waals surface area contributed by atoms with Gasteiger partial charge in [0.25, 0.3) is 0 Å². The molecule has 8 nitrogen and oxygen atoms in total. The molecule has 114 valence electrons. The van der Waals surface area contributed by atoms with Crippen LogP contribution >= 0.6 is 0 Å². The summed E-state index contributed by atoms with van der Waals surface area (Å²) < 4.78 is 26.5. The van der Waals surface area contributed by atoms with Gasteiger partial charge in [-0.05, 0) is 25.7 Å². The van der Waals surface area contributed by atoms with Gasteiger partial charge in [0.15, 0.2) is 5.69 Å². The third kappa shape index (κ3) is 4.02. The van der Waals surface area contributed by atoms with E-state index < -0.39 is 21.7 Å². The quantitative estimate of drug-likeness (QED) is 0.504. The minimum atomic E-state index is -3.92. The fraction of sp³-hybridized carbons (Fsp3) is 0.636. The number of H-pyrrole nitrogens is 1. The highest BCUT2D eigenvalue weighted by molar-refractivity contribution is 7.89. The number of aromatic carboxylic acids is 1. The molecule has 0 fully saturated rings. The first-order valence-electron chi connectivity index (χ1n) is 6.18. The summed E-state index contributed by atoms with van der Waals surface area (Å²) in [6.07, 6.45) is 1.23. The molecule has 1 unspecified atom stereocenters. The predicted octanol–water partition coefficient (Wildman–Crippen LogP) is 0.103. The number of carbonyl (C=O) groups is 1. The van der Waals surface area contributed by atoms with E-state index >= 15 is 0 Å². The van der Waals surface area contributed by atoms with Crippen molar-refractivity contribution in [2.45, 2.75) is 31.6 Å². The second kappa shape index (κ2) is 6.82. The summed E-state index contributed by atoms with van der Waals surface area (Å²) in [6, 6.07) is 0. The number of aryl methyl sites for hydroxylation is 1. The highest BCUT2D eigenvalue weighted by Crippen LogP contribution is 2.17. The third-order valence-electron chi connectivity index (χ3n) is 2.84. The largest absolute Gasteiger partial charge is 0.476 e. The highest BCUT2D eigenvalue weighted by Gasteiger charge is 2.27. The van der Waals surface area contributed by atoms with E-state index in [9.17, 15) is 13.2 Å². The summed E-state index contributed by atoms with van der Waals surface area (Å²) >= 11 is 0. The van der Waals surface area contributed by atoms with Gasteiger partial charge in [0.1, 0.15) is 4.90 Å². The van der Waals surface area contributed by atoms with E-state index in [0.29, 0.717) is 12.8 Å². The van der Waals surface area contributed by atoms with Crippen LogP contribution in [0.25, 0.3) is 0 Å². The minimum absolute atomic E-state index is 0.0523. The van der Waals surface area contributed by atoms with Crippen LogP contribution in [0.2, 0.25) is 0 Å². The number of aliphatic hydroxyl groups is 1. The number of nitrogens with one attached hydrogen (secondary N) is 2. The molecular formula is C11H19N3O5S. The third-order valence-corrected chi connectivity index (χ3v) is 4.46. The van der Waals surface area contributed by atoms with Gasteiger partial charge in [-0.15, -0.1) is 0 Å². The molecule has 1 aromatic heterocycles. The Morgan fingerprint density at radius 1 is 1.50 bits per heavy atom. The Bertz CT molecular complexity index is 567. The molecule has 9 heteroatoms. The molecule has 0 aliphatic carbocycles. The summed E-state index contributed by atoms with van der Waals surface area (Å²) in [5.74, 6) is -1.30. The number of carboxylic acids is 1. The van der Waals surface area contributed by atoms with Gasteiger partial charge in [0.05, 0.1) is 5.69 Å². The molecule has 1 heterocycles. The predicted molar refractivity (Wildman–Crippen MR) is 71.0 cm³/mol. The summed E-state index contributed by atoms with van der Waals surface area (Å²) in [5.41, 5.74) is -0.336. The molecule has 0 spiro atoms. The van der Waals surface area contributed by atoms with Crippen LogP contribution < -0.4 is 4.72 Å². The highest BCUT2D eigenvalue weighted by atomic mass is 32.2. The van der Waals surface area contributed by atoms with Crippen molar-refractivity contribution in [3.63, 3.8) is 0 Å². The number of aromatic amines is 1. The lowest BCUT2D eigenvalue weighted by molar-refractivity contribution is 0.0686. The van der Waals surface area contributed by atoms with E-state index in [1.165, 1.54) is 6.92 Å². The number of hydrogen-bond acceptors (Lipinski definition) is 5. The van der Waals surface area contributed by atoms with Crippen molar-refractivity contribution in [3.05, 3.63) is 11.4 Å². The topological polar surface area (TPSA) is 132 Å². The first kappa shape index (κ1) is 16.6. The number of nitrogens with zero attached hydrogens (tertiary/aromatic N) is 1. The smallest absolute Gasteiger partial charge is 0.357 e. The SMILES string of the molecule is Cc1[nH]nc(C(=O)O)c1S(=O)(=O)NCCCC(C)CO. The number of rotatable bonds is 8. The van der Waals surface area contributed by atoms with E-state index in [1.54, 1.807) is 0 Å². The van der Waals surface area contributed by atoms with Crippen LogP contribution in [0.3, 0.4) is 0 Å². The van der Waals surface area contributed by atoms with Gasteiger partial charge < -0.3 is 10.2 Å². The molecule has 0 saturated carbocycles. The molecule has 0 amide bonds. The van der Waals surface area contributed by atoms with E-state index in [0.717, 1.165) is 0 Å².